The molecular weight excluding hydrogens is 488 g/mol. The van der Waals surface area contributed by atoms with Gasteiger partial charge in [0.05, 0.1) is 25.1 Å². The maximum Gasteiger partial charge on any atom is 0.293 e. The Morgan fingerprint density at radius 2 is 1.43 bits per heavy atom. The molecule has 0 aliphatic carbocycles. The summed E-state index contributed by atoms with van der Waals surface area (Å²) in [6.07, 6.45) is 3.79. The van der Waals surface area contributed by atoms with Crippen molar-refractivity contribution in [3.05, 3.63) is 95.5 Å². The molecule has 0 radical (unpaired) electrons. The number of nitrogens with zero attached hydrogens (tertiary/aromatic N) is 2. The van der Waals surface area contributed by atoms with Crippen molar-refractivity contribution in [1.29, 1.82) is 0 Å². The van der Waals surface area contributed by atoms with Crippen molar-refractivity contribution < 1.29 is 23.8 Å². The van der Waals surface area contributed by atoms with Gasteiger partial charge in [-0.1, -0.05) is 36.4 Å². The number of hydrogen-bond acceptors (Lipinski definition) is 6. The van der Waals surface area contributed by atoms with Gasteiger partial charge in [-0.2, -0.15) is 0 Å². The van der Waals surface area contributed by atoms with Crippen LogP contribution in [0.1, 0.15) is 5.56 Å². The minimum Gasteiger partial charge on any atom is -0.497 e. The molecule has 7 nitrogen and oxygen atoms in total. The van der Waals surface area contributed by atoms with Gasteiger partial charge in [-0.25, -0.2) is 0 Å². The molecule has 8 heteroatoms. The number of aromatic nitrogens is 1. The molecule has 3 aromatic carbocycles. The lowest BCUT2D eigenvalue weighted by atomic mass is 10.1. The lowest BCUT2D eigenvalue weighted by Crippen LogP contribution is -2.32. The number of rotatable bonds is 10. The van der Waals surface area contributed by atoms with Gasteiger partial charge in [0.2, 0.25) is 0 Å². The molecule has 2 heterocycles. The molecule has 0 bridgehead atoms. The minimum atomic E-state index is -0.300. The van der Waals surface area contributed by atoms with Crippen molar-refractivity contribution in [2.75, 3.05) is 26.9 Å². The highest BCUT2D eigenvalue weighted by Gasteiger charge is 2.35. The smallest absolute Gasteiger partial charge is 0.293 e. The van der Waals surface area contributed by atoms with Gasteiger partial charge >= 0.3 is 0 Å². The van der Waals surface area contributed by atoms with E-state index in [2.05, 4.69) is 4.57 Å². The number of hydrogen-bond donors (Lipinski definition) is 0. The summed E-state index contributed by atoms with van der Waals surface area (Å²) in [7, 11) is 1.63. The average molecular weight is 515 g/mol. The Labute approximate surface area is 219 Å². The van der Waals surface area contributed by atoms with Crippen molar-refractivity contribution in [3.63, 3.8) is 0 Å². The fraction of sp³-hybridized carbons (Fsp3) is 0.172. The Kier molecular flexibility index (Phi) is 7.46. The molecule has 188 valence electrons. The van der Waals surface area contributed by atoms with Crippen molar-refractivity contribution in [2.24, 2.45) is 0 Å². The van der Waals surface area contributed by atoms with Gasteiger partial charge in [-0.05, 0) is 60.3 Å². The topological polar surface area (TPSA) is 70.0 Å². The van der Waals surface area contributed by atoms with E-state index in [-0.39, 0.29) is 24.3 Å². The van der Waals surface area contributed by atoms with E-state index < -0.39 is 0 Å². The highest BCUT2D eigenvalue weighted by Crippen LogP contribution is 2.34. The fourth-order valence-electron chi connectivity index (χ4n) is 4.11. The summed E-state index contributed by atoms with van der Waals surface area (Å²) in [6.45, 7) is 1.53. The lowest BCUT2D eigenvalue weighted by Gasteiger charge is -2.13. The van der Waals surface area contributed by atoms with Crippen molar-refractivity contribution >= 4 is 39.9 Å². The van der Waals surface area contributed by atoms with Crippen molar-refractivity contribution in [3.8, 4) is 17.2 Å². The zero-order valence-corrected chi connectivity index (χ0v) is 21.1. The summed E-state index contributed by atoms with van der Waals surface area (Å²) in [5, 5.41) is 0.718. The van der Waals surface area contributed by atoms with Gasteiger partial charge < -0.3 is 18.8 Å². The first kappa shape index (κ1) is 24.5. The Hall–Kier alpha value is -4.17. The van der Waals surface area contributed by atoms with Crippen LogP contribution in [0.2, 0.25) is 0 Å². The van der Waals surface area contributed by atoms with Crippen LogP contribution < -0.4 is 14.2 Å². The van der Waals surface area contributed by atoms with Gasteiger partial charge in [0, 0.05) is 22.7 Å². The molecule has 1 saturated heterocycles. The summed E-state index contributed by atoms with van der Waals surface area (Å²) in [5.41, 5.74) is 1.91. The van der Waals surface area contributed by atoms with Crippen LogP contribution in [0.15, 0.2) is 90.0 Å². The van der Waals surface area contributed by atoms with Gasteiger partial charge in [-0.15, -0.1) is 0 Å². The predicted octanol–water partition coefficient (Wildman–Crippen LogP) is 5.84. The summed E-state index contributed by atoms with van der Waals surface area (Å²) < 4.78 is 18.9. The molecule has 1 fully saturated rings. The molecule has 4 aromatic rings. The molecule has 1 aliphatic heterocycles. The number of para-hydroxylation sites is 2. The van der Waals surface area contributed by atoms with Gasteiger partial charge in [-0.3, -0.25) is 14.5 Å². The van der Waals surface area contributed by atoms with E-state index in [1.807, 2.05) is 85.1 Å². The van der Waals surface area contributed by atoms with Gasteiger partial charge in [0.15, 0.2) is 0 Å². The third kappa shape index (κ3) is 5.65. The Bertz CT molecular complexity index is 1430. The van der Waals surface area contributed by atoms with Crippen molar-refractivity contribution in [2.45, 2.75) is 6.54 Å². The van der Waals surface area contributed by atoms with Crippen LogP contribution in [0.5, 0.6) is 17.2 Å². The number of fused-ring (bicyclic) bond motifs is 1. The zero-order chi connectivity index (χ0) is 25.6. The molecule has 1 aromatic heterocycles. The number of imide groups is 1. The Morgan fingerprint density at radius 3 is 2.19 bits per heavy atom. The molecule has 0 unspecified atom stereocenters. The first-order chi connectivity index (χ1) is 18.1. The van der Waals surface area contributed by atoms with Crippen LogP contribution in [0.4, 0.5) is 4.79 Å². The lowest BCUT2D eigenvalue weighted by molar-refractivity contribution is -0.123. The van der Waals surface area contributed by atoms with Crippen LogP contribution in [0.25, 0.3) is 17.0 Å². The number of ether oxygens (including phenoxy) is 3. The largest absolute Gasteiger partial charge is 0.497 e. The molecule has 2 amide bonds. The first-order valence-corrected chi connectivity index (χ1v) is 12.7. The molecule has 1 aliphatic rings. The van der Waals surface area contributed by atoms with E-state index in [1.54, 1.807) is 13.2 Å². The van der Waals surface area contributed by atoms with E-state index in [9.17, 15) is 9.59 Å². The number of amides is 2. The second-order valence-electron chi connectivity index (χ2n) is 8.31. The second-order valence-corrected chi connectivity index (χ2v) is 9.31. The zero-order valence-electron chi connectivity index (χ0n) is 20.3. The van der Waals surface area contributed by atoms with Crippen LogP contribution in [0.3, 0.4) is 0 Å². The fourth-order valence-corrected chi connectivity index (χ4v) is 4.97. The van der Waals surface area contributed by atoms with Gasteiger partial charge in [0.1, 0.15) is 30.5 Å². The third-order valence-electron chi connectivity index (χ3n) is 5.97. The number of thioether (sulfide) groups is 1. The normalized spacial score (nSPS) is 14.5. The maximum absolute atomic E-state index is 13.0. The first-order valence-electron chi connectivity index (χ1n) is 11.9. The van der Waals surface area contributed by atoms with Crippen LogP contribution in [-0.2, 0) is 11.3 Å². The molecule has 0 N–H and O–H groups in total. The summed E-state index contributed by atoms with van der Waals surface area (Å²) in [4.78, 5) is 27.2. The quantitative estimate of drug-likeness (QED) is 0.248. The van der Waals surface area contributed by atoms with E-state index in [0.29, 0.717) is 23.8 Å². The Morgan fingerprint density at radius 1 is 0.784 bits per heavy atom. The number of benzene rings is 3. The Balaban J connectivity index is 1.27. The van der Waals surface area contributed by atoms with E-state index in [4.69, 9.17) is 14.2 Å². The van der Waals surface area contributed by atoms with Crippen molar-refractivity contribution in [1.82, 2.24) is 9.47 Å². The van der Waals surface area contributed by atoms with E-state index in [0.717, 1.165) is 39.7 Å². The van der Waals surface area contributed by atoms with E-state index >= 15 is 0 Å². The number of carbonyl (C=O) groups is 2. The second kappa shape index (κ2) is 11.3. The summed E-state index contributed by atoms with van der Waals surface area (Å²) >= 11 is 0.958. The predicted molar refractivity (Wildman–Crippen MR) is 145 cm³/mol. The molecule has 0 saturated carbocycles. The number of methoxy groups -OCH3 is 1. The highest BCUT2D eigenvalue weighted by molar-refractivity contribution is 8.18. The van der Waals surface area contributed by atoms with E-state index in [1.165, 1.54) is 4.90 Å². The summed E-state index contributed by atoms with van der Waals surface area (Å²) in [6, 6.07) is 24.8. The van der Waals surface area contributed by atoms with Gasteiger partial charge in [0.25, 0.3) is 11.1 Å². The third-order valence-corrected chi connectivity index (χ3v) is 6.87. The number of carbonyl (C=O) groups excluding carboxylic acids is 2. The van der Waals surface area contributed by atoms with Crippen LogP contribution >= 0.6 is 11.8 Å². The van der Waals surface area contributed by atoms with Crippen LogP contribution in [0, 0.1) is 0 Å². The SMILES string of the molecule is COc1ccc(OCCn2cc(/C=C3\SC(=O)N(CCOc4ccccc4)C3=O)c3ccccc32)cc1. The standard InChI is InChI=1S/C29H26N2O5S/c1-34-22-11-13-24(14-12-22)35-17-15-30-20-21(25-9-5-6-10-26(25)30)19-27-28(32)31(29(33)37-27)16-18-36-23-7-3-2-4-8-23/h2-14,19-20H,15-18H2,1H3/b27-19-. The average Bonchev–Trinajstić information content (AvgIpc) is 3.41. The molecule has 0 atom stereocenters. The van der Waals surface area contributed by atoms with Crippen LogP contribution in [-0.4, -0.2) is 47.5 Å². The maximum atomic E-state index is 13.0. The minimum absolute atomic E-state index is 0.196. The molecule has 0 spiro atoms. The molecule has 5 rings (SSSR count). The highest BCUT2D eigenvalue weighted by atomic mass is 32.2. The monoisotopic (exact) mass is 514 g/mol. The summed E-state index contributed by atoms with van der Waals surface area (Å²) in [5.74, 6) is 1.95. The molecular formula is C29H26N2O5S. The molecule has 37 heavy (non-hydrogen) atoms.